The van der Waals surface area contributed by atoms with Gasteiger partial charge in [-0.05, 0) is 30.3 Å². The Kier molecular flexibility index (Phi) is 6.45. The summed E-state index contributed by atoms with van der Waals surface area (Å²) in [5.41, 5.74) is -0.167. The smallest absolute Gasteiger partial charge is 0.341 e. The quantitative estimate of drug-likeness (QED) is 0.732. The highest BCUT2D eigenvalue weighted by molar-refractivity contribution is 7.89. The summed E-state index contributed by atoms with van der Waals surface area (Å²) in [6.07, 6.45) is 0. The number of rotatable bonds is 6. The van der Waals surface area contributed by atoms with Crippen LogP contribution in [0, 0.1) is 17.1 Å². The van der Waals surface area contributed by atoms with Crippen molar-refractivity contribution in [3.63, 3.8) is 0 Å². The molecule has 2 aromatic carbocycles. The number of anilines is 1. The second-order valence-corrected chi connectivity index (χ2v) is 7.86. The number of benzene rings is 2. The molecule has 0 heterocycles. The van der Waals surface area contributed by atoms with E-state index >= 15 is 0 Å². The van der Waals surface area contributed by atoms with Crippen LogP contribution in [0.25, 0.3) is 0 Å². The second-order valence-electron chi connectivity index (χ2n) is 5.71. The number of nitrogens with zero attached hydrogens (tertiary/aromatic N) is 2. The van der Waals surface area contributed by atoms with Crippen LogP contribution < -0.4 is 5.32 Å². The van der Waals surface area contributed by atoms with Crippen LogP contribution in [0.3, 0.4) is 0 Å². The highest BCUT2D eigenvalue weighted by Crippen LogP contribution is 2.19. The van der Waals surface area contributed by atoms with E-state index in [1.54, 1.807) is 12.1 Å². The van der Waals surface area contributed by atoms with Gasteiger partial charge in [-0.25, -0.2) is 21.9 Å². The lowest BCUT2D eigenvalue weighted by molar-refractivity contribution is -0.119. The van der Waals surface area contributed by atoms with Crippen molar-refractivity contribution < 1.29 is 27.1 Å². The third kappa shape index (κ3) is 4.70. The molecule has 0 aliphatic rings. The number of hydrogen-bond donors (Lipinski definition) is 1. The summed E-state index contributed by atoms with van der Waals surface area (Å²) >= 11 is 0. The molecule has 28 heavy (non-hydrogen) atoms. The van der Waals surface area contributed by atoms with Gasteiger partial charge in [0.15, 0.2) is 6.61 Å². The average Bonchev–Trinajstić information content (AvgIpc) is 2.66. The van der Waals surface area contributed by atoms with Gasteiger partial charge in [-0.3, -0.25) is 4.79 Å². The van der Waals surface area contributed by atoms with Gasteiger partial charge in [0.2, 0.25) is 10.0 Å². The largest absolute Gasteiger partial charge is 0.452 e. The average molecular weight is 405 g/mol. The molecule has 0 fully saturated rings. The molecule has 0 aliphatic heterocycles. The van der Waals surface area contributed by atoms with E-state index in [9.17, 15) is 22.4 Å². The Morgan fingerprint density at radius 3 is 2.54 bits per heavy atom. The first-order chi connectivity index (χ1) is 13.2. The van der Waals surface area contributed by atoms with Crippen LogP contribution in [-0.4, -0.2) is 45.3 Å². The lowest BCUT2D eigenvalue weighted by Gasteiger charge is -2.12. The first-order valence-corrected chi connectivity index (χ1v) is 9.29. The molecule has 1 amide bonds. The highest BCUT2D eigenvalue weighted by atomic mass is 32.2. The van der Waals surface area contributed by atoms with Crippen LogP contribution in [0.5, 0.6) is 0 Å². The van der Waals surface area contributed by atoms with Crippen LogP contribution in [0.4, 0.5) is 10.1 Å². The highest BCUT2D eigenvalue weighted by Gasteiger charge is 2.22. The molecule has 0 aromatic heterocycles. The van der Waals surface area contributed by atoms with Crippen molar-refractivity contribution in [2.24, 2.45) is 0 Å². The zero-order chi connectivity index (χ0) is 20.9. The maximum absolute atomic E-state index is 13.9. The standard InChI is InChI=1S/C18H16FN3O5S/c1-22(2)28(25,26)13-7-8-15(19)14(9-13)18(24)27-11-17(23)21-16-6-4-3-5-12(16)10-20/h3-9H,11H2,1-2H3,(H,21,23). The summed E-state index contributed by atoms with van der Waals surface area (Å²) in [4.78, 5) is 23.7. The molecule has 146 valence electrons. The van der Waals surface area contributed by atoms with E-state index in [0.717, 1.165) is 22.5 Å². The fourth-order valence-corrected chi connectivity index (χ4v) is 3.05. The molecule has 0 radical (unpaired) electrons. The van der Waals surface area contributed by atoms with Gasteiger partial charge in [0, 0.05) is 14.1 Å². The Balaban J connectivity index is 2.11. The van der Waals surface area contributed by atoms with Gasteiger partial charge in [-0.15, -0.1) is 0 Å². The van der Waals surface area contributed by atoms with Crippen molar-refractivity contribution in [3.8, 4) is 6.07 Å². The maximum atomic E-state index is 13.9. The van der Waals surface area contributed by atoms with E-state index in [1.807, 2.05) is 6.07 Å². The van der Waals surface area contributed by atoms with Crippen molar-refractivity contribution >= 4 is 27.6 Å². The monoisotopic (exact) mass is 405 g/mol. The number of ether oxygens (including phenoxy) is 1. The summed E-state index contributed by atoms with van der Waals surface area (Å²) in [5, 5.41) is 11.4. The van der Waals surface area contributed by atoms with Crippen molar-refractivity contribution in [2.45, 2.75) is 4.90 Å². The lowest BCUT2D eigenvalue weighted by Crippen LogP contribution is -2.24. The molecule has 2 aromatic rings. The number of carbonyl (C=O) groups excluding carboxylic acids is 2. The van der Waals surface area contributed by atoms with Gasteiger partial charge >= 0.3 is 5.97 Å². The Labute approximate surface area is 161 Å². The molecular formula is C18H16FN3O5S. The molecule has 0 saturated heterocycles. The van der Waals surface area contributed by atoms with E-state index in [2.05, 4.69) is 5.32 Å². The number of carbonyl (C=O) groups is 2. The number of nitrogens with one attached hydrogen (secondary N) is 1. The van der Waals surface area contributed by atoms with Crippen LogP contribution in [-0.2, 0) is 19.6 Å². The lowest BCUT2D eigenvalue weighted by atomic mass is 10.2. The minimum absolute atomic E-state index is 0.217. The van der Waals surface area contributed by atoms with E-state index in [0.29, 0.717) is 0 Å². The fraction of sp³-hybridized carbons (Fsp3) is 0.167. The van der Waals surface area contributed by atoms with Gasteiger partial charge in [-0.1, -0.05) is 12.1 Å². The number of hydrogen-bond acceptors (Lipinski definition) is 6. The van der Waals surface area contributed by atoms with Crippen molar-refractivity contribution in [3.05, 3.63) is 59.4 Å². The van der Waals surface area contributed by atoms with Gasteiger partial charge in [-0.2, -0.15) is 5.26 Å². The topological polar surface area (TPSA) is 117 Å². The number of para-hydroxylation sites is 1. The van der Waals surface area contributed by atoms with Crippen LogP contribution >= 0.6 is 0 Å². The fourth-order valence-electron chi connectivity index (χ4n) is 2.12. The van der Waals surface area contributed by atoms with Crippen molar-refractivity contribution in [1.29, 1.82) is 5.26 Å². The zero-order valence-corrected chi connectivity index (χ0v) is 15.8. The van der Waals surface area contributed by atoms with Gasteiger partial charge in [0.05, 0.1) is 21.7 Å². The van der Waals surface area contributed by atoms with E-state index in [1.165, 1.54) is 26.2 Å². The minimum atomic E-state index is -3.88. The number of amides is 1. The SMILES string of the molecule is CN(C)S(=O)(=O)c1ccc(F)c(C(=O)OCC(=O)Nc2ccccc2C#N)c1. The molecule has 0 atom stereocenters. The first kappa shape index (κ1) is 21.0. The van der Waals surface area contributed by atoms with Crippen molar-refractivity contribution in [2.75, 3.05) is 26.0 Å². The summed E-state index contributed by atoms with van der Waals surface area (Å²) in [6.45, 7) is -0.747. The maximum Gasteiger partial charge on any atom is 0.341 e. The molecule has 0 bridgehead atoms. The molecule has 0 saturated carbocycles. The van der Waals surface area contributed by atoms with Crippen LogP contribution in [0.15, 0.2) is 47.4 Å². The number of halogens is 1. The minimum Gasteiger partial charge on any atom is -0.452 e. The predicted molar refractivity (Wildman–Crippen MR) is 97.3 cm³/mol. The van der Waals surface area contributed by atoms with E-state index < -0.39 is 39.9 Å². The Bertz CT molecular complexity index is 1060. The molecule has 10 heteroatoms. The molecule has 0 spiro atoms. The molecule has 2 rings (SSSR count). The van der Waals surface area contributed by atoms with Crippen LogP contribution in [0.2, 0.25) is 0 Å². The predicted octanol–water partition coefficient (Wildman–Crippen LogP) is 1.74. The van der Waals surface area contributed by atoms with E-state index in [4.69, 9.17) is 10.00 Å². The van der Waals surface area contributed by atoms with Gasteiger partial charge in [0.25, 0.3) is 5.91 Å². The van der Waals surface area contributed by atoms with Gasteiger partial charge < -0.3 is 10.1 Å². The Morgan fingerprint density at radius 2 is 1.89 bits per heavy atom. The normalized spacial score (nSPS) is 11.0. The zero-order valence-electron chi connectivity index (χ0n) is 15.0. The molecular weight excluding hydrogens is 389 g/mol. The molecule has 0 aliphatic carbocycles. The van der Waals surface area contributed by atoms with Crippen molar-refractivity contribution in [1.82, 2.24) is 4.31 Å². The summed E-state index contributed by atoms with van der Waals surface area (Å²) in [7, 11) is -1.30. The first-order valence-electron chi connectivity index (χ1n) is 7.85. The third-order valence-corrected chi connectivity index (χ3v) is 5.40. The van der Waals surface area contributed by atoms with Crippen LogP contribution in [0.1, 0.15) is 15.9 Å². The molecule has 1 N–H and O–H groups in total. The van der Waals surface area contributed by atoms with E-state index in [-0.39, 0.29) is 16.1 Å². The second kappa shape index (κ2) is 8.60. The number of nitriles is 1. The Morgan fingerprint density at radius 1 is 1.21 bits per heavy atom. The third-order valence-electron chi connectivity index (χ3n) is 3.59. The summed E-state index contributed by atoms with van der Waals surface area (Å²) in [6, 6.07) is 10.8. The number of sulfonamides is 1. The van der Waals surface area contributed by atoms with Gasteiger partial charge in [0.1, 0.15) is 11.9 Å². The number of esters is 1. The molecule has 0 unspecified atom stereocenters. The molecule has 8 nitrogen and oxygen atoms in total. The summed E-state index contributed by atoms with van der Waals surface area (Å²) < 4.78 is 43.8. The summed E-state index contributed by atoms with van der Waals surface area (Å²) in [5.74, 6) is -2.93. The Hall–Kier alpha value is -3.29.